The van der Waals surface area contributed by atoms with E-state index in [4.69, 9.17) is 5.11 Å². The second-order valence-electron chi connectivity index (χ2n) is 3.56. The number of thiophene rings is 1. The number of nitrogens with one attached hydrogen (secondary N) is 1. The van der Waals surface area contributed by atoms with Crippen LogP contribution in [0.1, 0.15) is 30.2 Å². The van der Waals surface area contributed by atoms with E-state index < -0.39 is 5.97 Å². The first-order valence-corrected chi connectivity index (χ1v) is 5.67. The second kappa shape index (κ2) is 4.11. The molecule has 0 aliphatic carbocycles. The molecule has 3 nitrogen and oxygen atoms in total. The van der Waals surface area contributed by atoms with Crippen molar-refractivity contribution >= 4 is 17.3 Å². The monoisotopic (exact) mass is 211 g/mol. The van der Waals surface area contributed by atoms with E-state index in [0.29, 0.717) is 0 Å². The standard InChI is InChI=1S/C10H13NO2S/c12-10(13)8-4-1-3-7(11-8)9-5-2-6-14-9/h2,5-8,11H,1,3-4H2,(H,12,13). The molecule has 1 aliphatic rings. The van der Waals surface area contributed by atoms with Gasteiger partial charge in [0.05, 0.1) is 0 Å². The summed E-state index contributed by atoms with van der Waals surface area (Å²) in [5.74, 6) is -0.730. The first-order valence-electron chi connectivity index (χ1n) is 4.79. The van der Waals surface area contributed by atoms with E-state index >= 15 is 0 Å². The van der Waals surface area contributed by atoms with Gasteiger partial charge in [0.25, 0.3) is 0 Å². The minimum absolute atomic E-state index is 0.241. The summed E-state index contributed by atoms with van der Waals surface area (Å²) in [4.78, 5) is 12.1. The fourth-order valence-electron chi connectivity index (χ4n) is 1.84. The molecule has 4 heteroatoms. The summed E-state index contributed by atoms with van der Waals surface area (Å²) < 4.78 is 0. The molecule has 0 aromatic carbocycles. The predicted octanol–water partition coefficient (Wildman–Crippen LogP) is 2.02. The molecular formula is C10H13NO2S. The number of hydrogen-bond donors (Lipinski definition) is 2. The molecule has 2 rings (SSSR count). The first-order chi connectivity index (χ1) is 6.77. The molecule has 2 unspecified atom stereocenters. The van der Waals surface area contributed by atoms with E-state index in [-0.39, 0.29) is 12.1 Å². The maximum Gasteiger partial charge on any atom is 0.320 e. The lowest BCUT2D eigenvalue weighted by Crippen LogP contribution is -2.42. The van der Waals surface area contributed by atoms with Crippen LogP contribution < -0.4 is 5.32 Å². The minimum atomic E-state index is -0.730. The number of carboxylic acids is 1. The Morgan fingerprint density at radius 1 is 1.57 bits per heavy atom. The van der Waals surface area contributed by atoms with Crippen molar-refractivity contribution in [1.29, 1.82) is 0 Å². The van der Waals surface area contributed by atoms with Gasteiger partial charge in [0.15, 0.2) is 0 Å². The summed E-state index contributed by atoms with van der Waals surface area (Å²) in [6, 6.07) is 3.94. The van der Waals surface area contributed by atoms with Crippen molar-refractivity contribution in [2.45, 2.75) is 31.3 Å². The smallest absolute Gasteiger partial charge is 0.320 e. The quantitative estimate of drug-likeness (QED) is 0.786. The van der Waals surface area contributed by atoms with E-state index in [9.17, 15) is 4.79 Å². The summed E-state index contributed by atoms with van der Waals surface area (Å²) in [6.45, 7) is 0. The molecule has 2 N–H and O–H groups in total. The fraction of sp³-hybridized carbons (Fsp3) is 0.500. The predicted molar refractivity (Wildman–Crippen MR) is 55.5 cm³/mol. The largest absolute Gasteiger partial charge is 0.480 e. The highest BCUT2D eigenvalue weighted by molar-refractivity contribution is 7.10. The third-order valence-corrected chi connectivity index (χ3v) is 3.56. The average Bonchev–Trinajstić information content (AvgIpc) is 2.71. The Morgan fingerprint density at radius 3 is 3.07 bits per heavy atom. The van der Waals surface area contributed by atoms with Crippen molar-refractivity contribution in [3.63, 3.8) is 0 Å². The summed E-state index contributed by atoms with van der Waals surface area (Å²) in [5.41, 5.74) is 0. The fourth-order valence-corrected chi connectivity index (χ4v) is 2.67. The van der Waals surface area contributed by atoms with Gasteiger partial charge in [-0.15, -0.1) is 11.3 Å². The highest BCUT2D eigenvalue weighted by atomic mass is 32.1. The summed E-state index contributed by atoms with van der Waals surface area (Å²) in [5, 5.41) is 14.1. The maximum absolute atomic E-state index is 10.8. The van der Waals surface area contributed by atoms with Gasteiger partial charge in [0.1, 0.15) is 6.04 Å². The van der Waals surface area contributed by atoms with Crippen LogP contribution in [0.4, 0.5) is 0 Å². The molecule has 0 saturated carbocycles. The van der Waals surface area contributed by atoms with Gasteiger partial charge in [-0.1, -0.05) is 6.07 Å². The molecule has 2 atom stereocenters. The van der Waals surface area contributed by atoms with Crippen LogP contribution in [0, 0.1) is 0 Å². The normalized spacial score (nSPS) is 27.4. The molecule has 2 heterocycles. The van der Waals surface area contributed by atoms with Gasteiger partial charge in [0, 0.05) is 10.9 Å². The zero-order chi connectivity index (χ0) is 9.97. The van der Waals surface area contributed by atoms with Crippen LogP contribution >= 0.6 is 11.3 Å². The van der Waals surface area contributed by atoms with Gasteiger partial charge < -0.3 is 5.11 Å². The molecule has 1 saturated heterocycles. The van der Waals surface area contributed by atoms with Crippen molar-refractivity contribution in [2.75, 3.05) is 0 Å². The number of aliphatic carboxylic acids is 1. The van der Waals surface area contributed by atoms with E-state index in [0.717, 1.165) is 19.3 Å². The zero-order valence-corrected chi connectivity index (χ0v) is 8.59. The van der Waals surface area contributed by atoms with Gasteiger partial charge >= 0.3 is 5.97 Å². The highest BCUT2D eigenvalue weighted by Crippen LogP contribution is 2.28. The van der Waals surface area contributed by atoms with Crippen LogP contribution in [-0.4, -0.2) is 17.1 Å². The van der Waals surface area contributed by atoms with Crippen molar-refractivity contribution < 1.29 is 9.90 Å². The Hall–Kier alpha value is -0.870. The molecule has 0 spiro atoms. The molecule has 1 fully saturated rings. The van der Waals surface area contributed by atoms with Crippen LogP contribution in [-0.2, 0) is 4.79 Å². The number of hydrogen-bond acceptors (Lipinski definition) is 3. The average molecular weight is 211 g/mol. The van der Waals surface area contributed by atoms with E-state index in [2.05, 4.69) is 11.4 Å². The van der Waals surface area contributed by atoms with Gasteiger partial charge in [-0.25, -0.2) is 0 Å². The van der Waals surface area contributed by atoms with Gasteiger partial charge in [0.2, 0.25) is 0 Å². The lowest BCUT2D eigenvalue weighted by molar-refractivity contribution is -0.140. The van der Waals surface area contributed by atoms with Crippen molar-refractivity contribution in [1.82, 2.24) is 5.32 Å². The summed E-state index contributed by atoms with van der Waals surface area (Å²) >= 11 is 1.69. The second-order valence-corrected chi connectivity index (χ2v) is 4.54. The molecule has 76 valence electrons. The van der Waals surface area contributed by atoms with Gasteiger partial charge in [-0.3, -0.25) is 10.1 Å². The Balaban J connectivity index is 2.04. The van der Waals surface area contributed by atoms with Gasteiger partial charge in [-0.05, 0) is 30.7 Å². The van der Waals surface area contributed by atoms with Crippen LogP contribution in [0.25, 0.3) is 0 Å². The third-order valence-electron chi connectivity index (χ3n) is 2.57. The number of piperidine rings is 1. The van der Waals surface area contributed by atoms with Crippen molar-refractivity contribution in [3.8, 4) is 0 Å². The van der Waals surface area contributed by atoms with Crippen LogP contribution in [0.3, 0.4) is 0 Å². The SMILES string of the molecule is O=C(O)C1CCCC(c2cccs2)N1. The zero-order valence-electron chi connectivity index (χ0n) is 7.77. The maximum atomic E-state index is 10.8. The Bertz CT molecular complexity index is 310. The number of carbonyl (C=O) groups is 1. The summed E-state index contributed by atoms with van der Waals surface area (Å²) in [7, 11) is 0. The van der Waals surface area contributed by atoms with E-state index in [1.54, 1.807) is 11.3 Å². The van der Waals surface area contributed by atoms with Crippen LogP contribution in [0.15, 0.2) is 17.5 Å². The Morgan fingerprint density at radius 2 is 2.43 bits per heavy atom. The number of carboxylic acid groups (broad SMARTS) is 1. The third kappa shape index (κ3) is 1.96. The van der Waals surface area contributed by atoms with Crippen LogP contribution in [0.5, 0.6) is 0 Å². The minimum Gasteiger partial charge on any atom is -0.480 e. The molecule has 1 aliphatic heterocycles. The molecule has 0 bridgehead atoms. The lowest BCUT2D eigenvalue weighted by Gasteiger charge is -2.27. The van der Waals surface area contributed by atoms with Crippen LogP contribution in [0.2, 0.25) is 0 Å². The molecule has 1 aromatic heterocycles. The Kier molecular flexibility index (Phi) is 2.84. The number of rotatable bonds is 2. The molecule has 1 aromatic rings. The lowest BCUT2D eigenvalue weighted by atomic mass is 9.98. The summed E-state index contributed by atoms with van der Waals surface area (Å²) in [6.07, 6.45) is 2.79. The molecule has 0 amide bonds. The van der Waals surface area contributed by atoms with E-state index in [1.807, 2.05) is 11.4 Å². The molecular weight excluding hydrogens is 198 g/mol. The highest BCUT2D eigenvalue weighted by Gasteiger charge is 2.26. The Labute approximate surface area is 86.8 Å². The molecule has 0 radical (unpaired) electrons. The topological polar surface area (TPSA) is 49.3 Å². The van der Waals surface area contributed by atoms with E-state index in [1.165, 1.54) is 4.88 Å². The van der Waals surface area contributed by atoms with Crippen molar-refractivity contribution in [3.05, 3.63) is 22.4 Å². The molecule has 14 heavy (non-hydrogen) atoms. The van der Waals surface area contributed by atoms with Gasteiger partial charge in [-0.2, -0.15) is 0 Å². The first kappa shape index (κ1) is 9.68. The van der Waals surface area contributed by atoms with Crippen molar-refractivity contribution in [2.24, 2.45) is 0 Å².